The summed E-state index contributed by atoms with van der Waals surface area (Å²) in [5.41, 5.74) is 11.9. The molecule has 0 atom stereocenters. The van der Waals surface area contributed by atoms with E-state index >= 15 is 0 Å². The van der Waals surface area contributed by atoms with Crippen LogP contribution in [-0.4, -0.2) is 13.1 Å². The first-order valence-electron chi connectivity index (χ1n) is 13.4. The Labute approximate surface area is 236 Å². The van der Waals surface area contributed by atoms with Gasteiger partial charge in [0, 0.05) is 59.3 Å². The molecule has 194 valence electrons. The molecule has 6 rings (SSSR count). The van der Waals surface area contributed by atoms with E-state index in [4.69, 9.17) is 23.2 Å². The lowest BCUT2D eigenvalue weighted by Crippen LogP contribution is -2.38. The van der Waals surface area contributed by atoms with E-state index in [9.17, 15) is 0 Å². The van der Waals surface area contributed by atoms with E-state index in [1.807, 2.05) is 0 Å². The maximum atomic E-state index is 7.16. The van der Waals surface area contributed by atoms with Crippen LogP contribution in [0.5, 0.6) is 0 Å². The SMILES string of the molecule is CC1(C)CNCc2ccc(-c3cccc(-c4cccc(-c5ccc6c(c5)C(C)(C)CNC6)c4Cl)c3Cl)cc21. The van der Waals surface area contributed by atoms with Crippen molar-refractivity contribution in [3.05, 3.63) is 105 Å². The molecule has 2 nitrogen and oxygen atoms in total. The molecular weight excluding hydrogens is 507 g/mol. The van der Waals surface area contributed by atoms with Crippen molar-refractivity contribution in [1.82, 2.24) is 10.6 Å². The fraction of sp³-hybridized carbons (Fsp3) is 0.294. The summed E-state index contributed by atoms with van der Waals surface area (Å²) in [6.07, 6.45) is 0. The average molecular weight is 542 g/mol. The Morgan fingerprint density at radius 3 is 1.37 bits per heavy atom. The minimum absolute atomic E-state index is 0.0742. The summed E-state index contributed by atoms with van der Waals surface area (Å²) in [5.74, 6) is 0. The van der Waals surface area contributed by atoms with Gasteiger partial charge in [0.25, 0.3) is 0 Å². The third-order valence-corrected chi connectivity index (χ3v) is 9.17. The third kappa shape index (κ3) is 4.38. The molecule has 38 heavy (non-hydrogen) atoms. The summed E-state index contributed by atoms with van der Waals surface area (Å²) < 4.78 is 0. The van der Waals surface area contributed by atoms with Crippen molar-refractivity contribution in [3.63, 3.8) is 0 Å². The fourth-order valence-electron chi connectivity index (χ4n) is 6.19. The second-order valence-corrected chi connectivity index (χ2v) is 12.8. The van der Waals surface area contributed by atoms with E-state index in [0.717, 1.165) is 69.6 Å². The lowest BCUT2D eigenvalue weighted by Gasteiger charge is -2.33. The number of hydrogen-bond acceptors (Lipinski definition) is 2. The smallest absolute Gasteiger partial charge is 0.0563 e. The predicted octanol–water partition coefficient (Wildman–Crippen LogP) is 8.76. The first kappa shape index (κ1) is 25.6. The van der Waals surface area contributed by atoms with Gasteiger partial charge in [-0.25, -0.2) is 0 Å². The summed E-state index contributed by atoms with van der Waals surface area (Å²) in [4.78, 5) is 0. The molecule has 0 saturated carbocycles. The second-order valence-electron chi connectivity index (χ2n) is 12.1. The largest absolute Gasteiger partial charge is 0.312 e. The van der Waals surface area contributed by atoms with Crippen LogP contribution in [-0.2, 0) is 23.9 Å². The van der Waals surface area contributed by atoms with E-state index in [1.54, 1.807) is 0 Å². The van der Waals surface area contributed by atoms with E-state index < -0.39 is 0 Å². The molecule has 0 unspecified atom stereocenters. The first-order valence-corrected chi connectivity index (χ1v) is 14.2. The van der Waals surface area contributed by atoms with Crippen LogP contribution in [0.25, 0.3) is 33.4 Å². The Morgan fingerprint density at radius 2 is 0.947 bits per heavy atom. The van der Waals surface area contributed by atoms with Gasteiger partial charge >= 0.3 is 0 Å². The molecule has 2 aliphatic rings. The van der Waals surface area contributed by atoms with Gasteiger partial charge in [0.1, 0.15) is 0 Å². The van der Waals surface area contributed by atoms with Crippen LogP contribution in [0.2, 0.25) is 10.0 Å². The maximum Gasteiger partial charge on any atom is 0.0563 e. The third-order valence-electron chi connectivity index (χ3n) is 8.35. The van der Waals surface area contributed by atoms with Gasteiger partial charge in [-0.3, -0.25) is 0 Å². The van der Waals surface area contributed by atoms with Gasteiger partial charge in [-0.1, -0.05) is 124 Å². The molecule has 4 aromatic rings. The van der Waals surface area contributed by atoms with Gasteiger partial charge in [-0.05, 0) is 33.4 Å². The van der Waals surface area contributed by atoms with Crippen LogP contribution in [0.15, 0.2) is 72.8 Å². The standard InChI is InChI=1S/C34H34Cl2N2/c1-33(2)19-37-17-23-13-11-21(15-29(23)33)25-7-5-9-27(31(25)35)28-10-6-8-26(32(28)36)22-12-14-24-18-38-20-34(3,4)30(24)16-22/h5-16,37-38H,17-20H2,1-4H3. The lowest BCUT2D eigenvalue weighted by molar-refractivity contribution is 0.435. The average Bonchev–Trinajstić information content (AvgIpc) is 2.89. The lowest BCUT2D eigenvalue weighted by atomic mass is 9.78. The van der Waals surface area contributed by atoms with Gasteiger partial charge < -0.3 is 10.6 Å². The Morgan fingerprint density at radius 1 is 0.553 bits per heavy atom. The van der Waals surface area contributed by atoms with Crippen molar-refractivity contribution in [3.8, 4) is 33.4 Å². The van der Waals surface area contributed by atoms with Crippen molar-refractivity contribution in [1.29, 1.82) is 0 Å². The Hall–Kier alpha value is -2.62. The number of halogens is 2. The molecule has 0 fully saturated rings. The summed E-state index contributed by atoms with van der Waals surface area (Å²) >= 11 is 14.3. The molecular formula is C34H34Cl2N2. The Bertz CT molecular complexity index is 1430. The molecule has 2 heterocycles. The topological polar surface area (TPSA) is 24.1 Å². The van der Waals surface area contributed by atoms with E-state index in [0.29, 0.717) is 0 Å². The fourth-order valence-corrected chi connectivity index (χ4v) is 6.87. The second kappa shape index (κ2) is 9.54. The molecule has 0 spiro atoms. The zero-order chi connectivity index (χ0) is 26.7. The van der Waals surface area contributed by atoms with Crippen LogP contribution in [0.1, 0.15) is 49.9 Å². The highest BCUT2D eigenvalue weighted by atomic mass is 35.5. The Kier molecular flexibility index (Phi) is 6.44. The number of fused-ring (bicyclic) bond motifs is 2. The molecule has 0 radical (unpaired) electrons. The number of nitrogens with one attached hydrogen (secondary N) is 2. The number of benzene rings is 4. The molecule has 0 amide bonds. The molecule has 2 aliphatic heterocycles. The van der Waals surface area contributed by atoms with Gasteiger partial charge in [0.2, 0.25) is 0 Å². The van der Waals surface area contributed by atoms with E-state index in [2.05, 4.69) is 111 Å². The molecule has 0 aliphatic carbocycles. The van der Waals surface area contributed by atoms with Crippen LogP contribution in [0.4, 0.5) is 0 Å². The zero-order valence-electron chi connectivity index (χ0n) is 22.5. The molecule has 2 N–H and O–H groups in total. The molecule has 0 saturated heterocycles. The van der Waals surface area contributed by atoms with Crippen LogP contribution < -0.4 is 10.6 Å². The van der Waals surface area contributed by atoms with Gasteiger partial charge in [-0.2, -0.15) is 0 Å². The maximum absolute atomic E-state index is 7.16. The quantitative estimate of drug-likeness (QED) is 0.271. The highest BCUT2D eigenvalue weighted by Gasteiger charge is 2.29. The van der Waals surface area contributed by atoms with E-state index in [1.165, 1.54) is 22.3 Å². The van der Waals surface area contributed by atoms with Crippen molar-refractivity contribution in [2.75, 3.05) is 13.1 Å². The first-order chi connectivity index (χ1) is 18.2. The zero-order valence-corrected chi connectivity index (χ0v) is 24.0. The number of rotatable bonds is 3. The van der Waals surface area contributed by atoms with Crippen molar-refractivity contribution >= 4 is 23.2 Å². The van der Waals surface area contributed by atoms with Crippen molar-refractivity contribution in [2.45, 2.75) is 51.6 Å². The minimum Gasteiger partial charge on any atom is -0.312 e. The van der Waals surface area contributed by atoms with Crippen molar-refractivity contribution in [2.24, 2.45) is 0 Å². The highest BCUT2D eigenvalue weighted by Crippen LogP contribution is 2.44. The van der Waals surface area contributed by atoms with Crippen molar-refractivity contribution < 1.29 is 0 Å². The Balaban J connectivity index is 1.43. The normalized spacial score (nSPS) is 17.5. The van der Waals surface area contributed by atoms with Gasteiger partial charge in [0.15, 0.2) is 0 Å². The molecule has 0 aromatic heterocycles. The number of hydrogen-bond donors (Lipinski definition) is 2. The molecule has 0 bridgehead atoms. The van der Waals surface area contributed by atoms with Crippen LogP contribution in [0.3, 0.4) is 0 Å². The monoisotopic (exact) mass is 540 g/mol. The minimum atomic E-state index is 0.0742. The summed E-state index contributed by atoms with van der Waals surface area (Å²) in [6.45, 7) is 12.9. The summed E-state index contributed by atoms with van der Waals surface area (Å²) in [5, 5.41) is 8.53. The van der Waals surface area contributed by atoms with Gasteiger partial charge in [0.05, 0.1) is 10.0 Å². The predicted molar refractivity (Wildman–Crippen MR) is 162 cm³/mol. The van der Waals surface area contributed by atoms with E-state index in [-0.39, 0.29) is 10.8 Å². The summed E-state index contributed by atoms with van der Waals surface area (Å²) in [6, 6.07) is 26.0. The molecule has 4 aromatic carbocycles. The highest BCUT2D eigenvalue weighted by molar-refractivity contribution is 6.39. The molecule has 4 heteroatoms. The van der Waals surface area contributed by atoms with Crippen LogP contribution >= 0.6 is 23.2 Å². The van der Waals surface area contributed by atoms with Gasteiger partial charge in [-0.15, -0.1) is 0 Å². The summed E-state index contributed by atoms with van der Waals surface area (Å²) in [7, 11) is 0. The van der Waals surface area contributed by atoms with Crippen LogP contribution in [0, 0.1) is 0 Å².